The van der Waals surface area contributed by atoms with Crippen LogP contribution in [0.1, 0.15) is 1.37 Å². The van der Waals surface area contributed by atoms with Crippen LogP contribution in [0, 0.1) is 0 Å². The van der Waals surface area contributed by atoms with Crippen LogP contribution in [0.4, 0.5) is 5.95 Å². The van der Waals surface area contributed by atoms with Crippen LogP contribution in [-0.4, -0.2) is 15.2 Å². The molecule has 1 rings (SSSR count). The minimum absolute atomic E-state index is 0.123. The fraction of sp³-hybridized carbons (Fsp3) is 0. The summed E-state index contributed by atoms with van der Waals surface area (Å²) in [6, 6.07) is 0. The van der Waals surface area contributed by atoms with Crippen LogP contribution in [0.15, 0.2) is 6.30 Å². The predicted molar refractivity (Wildman–Crippen MR) is 20.8 cm³/mol. The van der Waals surface area contributed by atoms with Gasteiger partial charge in [-0.05, 0) is 0 Å². The molecule has 0 atom stereocenters. The molecule has 0 bridgehead atoms. The first-order valence-corrected chi connectivity index (χ1v) is 1.32. The van der Waals surface area contributed by atoms with Crippen molar-refractivity contribution in [1.29, 1.82) is 0 Å². The Bertz CT molecular complexity index is 231. The van der Waals surface area contributed by atoms with E-state index in [-0.39, 0.29) is 18.0 Å². The largest absolute Gasteiger partial charge is 0.368 e. The molecule has 0 spiro atoms. The number of aromatic nitrogens is 3. The van der Waals surface area contributed by atoms with Crippen molar-refractivity contribution in [2.24, 2.45) is 0 Å². The minimum Gasteiger partial charge on any atom is -0.368 e. The molecule has 0 radical (unpaired) electrons. The Hall–Kier alpha value is -1.06. The normalized spacial score (nSPS) is 17.3. The number of nitrogens with one attached hydrogen (secondary N) is 1. The first-order valence-electron chi connectivity index (χ1n) is 3.16. The van der Waals surface area contributed by atoms with Crippen LogP contribution in [-0.2, 0) is 0 Å². The molecule has 32 valence electrons. The van der Waals surface area contributed by atoms with E-state index in [4.69, 9.17) is 5.61 Å². The van der Waals surface area contributed by atoms with E-state index in [0.717, 1.165) is 0 Å². The lowest BCUT2D eigenvalue weighted by Gasteiger charge is -1.68. The Labute approximate surface area is 40.2 Å². The molecular weight excluding hydrogens is 80.0 g/mol. The summed E-state index contributed by atoms with van der Waals surface area (Å²) in [5.41, 5.74) is 0.123. The average Bonchev–Trinajstić information content (AvgIpc) is 2.10. The number of nitrogens with zero attached hydrogens (tertiary/aromatic N) is 2. The van der Waals surface area contributed by atoms with Gasteiger partial charge in [0.2, 0.25) is 5.95 Å². The van der Waals surface area contributed by atoms with Gasteiger partial charge in [-0.25, -0.2) is 10.1 Å². The standard InChI is InChI=1S/C2H4N4/c3-2-4-1-5-6-2/h1H,(H3,3,4,5,6)/i1D/hD3. The molecule has 0 fully saturated rings. The van der Waals surface area contributed by atoms with E-state index in [1.165, 1.54) is 0 Å². The van der Waals surface area contributed by atoms with Gasteiger partial charge in [0.05, 0.1) is 0 Å². The molecule has 0 aliphatic rings. The Balaban J connectivity index is 3.03. The van der Waals surface area contributed by atoms with E-state index in [2.05, 4.69) is 10.1 Å². The Morgan fingerprint density at radius 1 is 2.50 bits per heavy atom. The summed E-state index contributed by atoms with van der Waals surface area (Å²) in [6.45, 7) is 0. The Morgan fingerprint density at radius 3 is 3.83 bits per heavy atom. The highest BCUT2D eigenvalue weighted by atomic mass is 15.2. The van der Waals surface area contributed by atoms with Crippen molar-refractivity contribution in [2.75, 3.05) is 5.72 Å². The van der Waals surface area contributed by atoms with Crippen LogP contribution < -0.4 is 5.72 Å². The van der Waals surface area contributed by atoms with Gasteiger partial charge < -0.3 is 5.72 Å². The SMILES string of the molecule is [2H]c1nc(N([2H])[2H])n([2H])n1. The maximum atomic E-state index is 6.86. The highest BCUT2D eigenvalue weighted by molar-refractivity contribution is 5.07. The van der Waals surface area contributed by atoms with Gasteiger partial charge in [0, 0.05) is 0 Å². The molecule has 1 aromatic rings. The molecule has 1 aromatic heterocycles. The zero-order valence-corrected chi connectivity index (χ0v) is 2.79. The third-order valence-corrected chi connectivity index (χ3v) is 0.334. The topological polar surface area (TPSA) is 67.6 Å². The molecule has 0 aliphatic heterocycles. The maximum absolute atomic E-state index is 6.86. The highest BCUT2D eigenvalue weighted by Gasteiger charge is 1.75. The third-order valence-electron chi connectivity index (χ3n) is 0.334. The van der Waals surface area contributed by atoms with E-state index >= 15 is 0 Å². The quantitative estimate of drug-likeness (QED) is 0.481. The third kappa shape index (κ3) is 0.314. The highest BCUT2D eigenvalue weighted by Crippen LogP contribution is 1.76. The molecule has 0 amide bonds. The van der Waals surface area contributed by atoms with Crippen molar-refractivity contribution < 1.29 is 5.61 Å². The number of hydrogen-bond donors (Lipinski definition) is 2. The summed E-state index contributed by atoms with van der Waals surface area (Å²) in [7, 11) is 0. The first kappa shape index (κ1) is 0.959. The molecule has 4 heteroatoms. The van der Waals surface area contributed by atoms with Gasteiger partial charge in [-0.1, -0.05) is 0 Å². The number of anilines is 1. The van der Waals surface area contributed by atoms with E-state index in [1.807, 2.05) is 0 Å². The lowest BCUT2D eigenvalue weighted by Crippen LogP contribution is -1.84. The van der Waals surface area contributed by atoms with Crippen LogP contribution in [0.5, 0.6) is 0 Å². The average molecular weight is 88.1 g/mol. The number of hydrogen-bond acceptors (Lipinski definition) is 3. The van der Waals surface area contributed by atoms with Crippen molar-refractivity contribution in [1.82, 2.24) is 15.2 Å². The first-order chi connectivity index (χ1) is 4.61. The van der Waals surface area contributed by atoms with Crippen LogP contribution in [0.3, 0.4) is 0 Å². The van der Waals surface area contributed by atoms with Gasteiger partial charge in [-0.3, -0.25) is 0 Å². The zero-order chi connectivity index (χ0) is 7.72. The number of aromatic amines is 1. The zero-order valence-electron chi connectivity index (χ0n) is 6.79. The molecular formula is C2H4N4. The smallest absolute Gasteiger partial charge is 0.215 e. The molecule has 4 nitrogen and oxygen atoms in total. The molecule has 0 saturated heterocycles. The van der Waals surface area contributed by atoms with Gasteiger partial charge in [-0.2, -0.15) is 5.10 Å². The van der Waals surface area contributed by atoms with E-state index in [1.54, 1.807) is 0 Å². The molecule has 1 heterocycles. The maximum Gasteiger partial charge on any atom is 0.215 e. The summed E-state index contributed by atoms with van der Waals surface area (Å²) in [6.07, 6.45) is -0.366. The van der Waals surface area contributed by atoms with Gasteiger partial charge in [-0.15, -0.1) is 0 Å². The number of H-pyrrole nitrogens is 1. The van der Waals surface area contributed by atoms with Gasteiger partial charge in [0.15, 0.2) is 4.24 Å². The number of nitrogens with two attached hydrogens (primary N) is 1. The van der Waals surface area contributed by atoms with Crippen molar-refractivity contribution in [2.45, 2.75) is 0 Å². The Morgan fingerprint density at radius 2 is 3.50 bits per heavy atom. The molecule has 0 saturated carbocycles. The lowest BCUT2D eigenvalue weighted by molar-refractivity contribution is 1.10. The second-order valence-electron chi connectivity index (χ2n) is 0.712. The monoisotopic (exact) mass is 88.1 g/mol. The second-order valence-corrected chi connectivity index (χ2v) is 0.712. The van der Waals surface area contributed by atoms with E-state index < -0.39 is 0 Å². The lowest BCUT2D eigenvalue weighted by atomic mass is 11.1. The minimum atomic E-state index is -0.366. The summed E-state index contributed by atoms with van der Waals surface area (Å²) in [5, 5.41) is 3.64. The van der Waals surface area contributed by atoms with Crippen molar-refractivity contribution in [3.63, 3.8) is 0 Å². The summed E-state index contributed by atoms with van der Waals surface area (Å²) < 4.78 is 26.9. The van der Waals surface area contributed by atoms with Crippen molar-refractivity contribution in [3.8, 4) is 0 Å². The predicted octanol–water partition coefficient (Wildman–Crippen LogP) is -0.613. The number of nitrogen functional groups attached to an aromatic ring is 1. The summed E-state index contributed by atoms with van der Waals surface area (Å²) in [5.74, 6) is -0.301. The molecule has 0 aliphatic carbocycles. The molecule has 0 aromatic carbocycles. The number of rotatable bonds is 1. The summed E-state index contributed by atoms with van der Waals surface area (Å²) >= 11 is 0. The van der Waals surface area contributed by atoms with Gasteiger partial charge >= 0.3 is 0 Å². The van der Waals surface area contributed by atoms with E-state index in [9.17, 15) is 0 Å². The fourth-order valence-corrected chi connectivity index (χ4v) is 0.157. The van der Waals surface area contributed by atoms with Crippen LogP contribution in [0.2, 0.25) is 4.24 Å². The summed E-state index contributed by atoms with van der Waals surface area (Å²) in [4.78, 5) is 3.29. The van der Waals surface area contributed by atoms with E-state index in [0.29, 0.717) is 5.09 Å². The molecule has 0 unspecified atom stereocenters. The second kappa shape index (κ2) is 0.965. The van der Waals surface area contributed by atoms with Gasteiger partial charge in [0.1, 0.15) is 7.67 Å². The van der Waals surface area contributed by atoms with Crippen molar-refractivity contribution >= 4 is 5.95 Å². The fourth-order valence-electron chi connectivity index (χ4n) is 0.157. The van der Waals surface area contributed by atoms with Crippen LogP contribution >= 0.6 is 0 Å². The molecule has 3 N–H and O–H groups in total. The molecule has 6 heavy (non-hydrogen) atoms. The Kier molecular flexibility index (Phi) is 0.154. The van der Waals surface area contributed by atoms with Crippen LogP contribution in [0.25, 0.3) is 0 Å². The van der Waals surface area contributed by atoms with Crippen molar-refractivity contribution in [3.05, 3.63) is 6.30 Å². The van der Waals surface area contributed by atoms with Gasteiger partial charge in [0.25, 0.3) is 0 Å².